The van der Waals surface area contributed by atoms with Gasteiger partial charge in [0.25, 0.3) is 0 Å². The van der Waals surface area contributed by atoms with Crippen molar-refractivity contribution in [3.8, 4) is 5.75 Å². The van der Waals surface area contributed by atoms with E-state index in [1.54, 1.807) is 11.3 Å². The van der Waals surface area contributed by atoms with Crippen LogP contribution in [0.15, 0.2) is 41.8 Å². The summed E-state index contributed by atoms with van der Waals surface area (Å²) in [7, 11) is 0. The maximum Gasteiger partial charge on any atom is 0.122 e. The van der Waals surface area contributed by atoms with E-state index < -0.39 is 0 Å². The summed E-state index contributed by atoms with van der Waals surface area (Å²) in [5.41, 5.74) is 1.34. The zero-order valence-corrected chi connectivity index (χ0v) is 15.8. The molecule has 0 unspecified atom stereocenters. The molecule has 1 fully saturated rings. The first kappa shape index (κ1) is 19.3. The van der Waals surface area contributed by atoms with Crippen LogP contribution in [0.2, 0.25) is 0 Å². The van der Waals surface area contributed by atoms with Gasteiger partial charge in [-0.15, -0.1) is 23.7 Å². The molecule has 0 bridgehead atoms. The highest BCUT2D eigenvalue weighted by molar-refractivity contribution is 7.09. The van der Waals surface area contributed by atoms with Crippen molar-refractivity contribution in [3.63, 3.8) is 0 Å². The number of halogens is 1. The molecule has 0 atom stereocenters. The molecule has 2 nitrogen and oxygen atoms in total. The van der Waals surface area contributed by atoms with Gasteiger partial charge in [-0.1, -0.05) is 50.3 Å². The van der Waals surface area contributed by atoms with Crippen molar-refractivity contribution in [1.82, 2.24) is 5.32 Å². The molecule has 0 amide bonds. The fourth-order valence-corrected chi connectivity index (χ4v) is 3.79. The normalized spacial score (nSPS) is 16.0. The molecule has 24 heavy (non-hydrogen) atoms. The largest absolute Gasteiger partial charge is 0.488 e. The molecule has 0 radical (unpaired) electrons. The van der Waals surface area contributed by atoms with Crippen LogP contribution in [0.3, 0.4) is 0 Å². The Morgan fingerprint density at radius 1 is 0.958 bits per heavy atom. The van der Waals surface area contributed by atoms with Gasteiger partial charge in [-0.2, -0.15) is 0 Å². The molecule has 2 aromatic rings. The molecule has 1 aliphatic carbocycles. The molecule has 0 spiro atoms. The van der Waals surface area contributed by atoms with Gasteiger partial charge in [0.15, 0.2) is 0 Å². The van der Waals surface area contributed by atoms with E-state index in [2.05, 4.69) is 47.1 Å². The predicted octanol–water partition coefficient (Wildman–Crippen LogP) is 5.95. The van der Waals surface area contributed by atoms with E-state index in [9.17, 15) is 0 Å². The van der Waals surface area contributed by atoms with Crippen LogP contribution in [-0.4, -0.2) is 6.04 Å². The topological polar surface area (TPSA) is 21.3 Å². The van der Waals surface area contributed by atoms with E-state index in [0.29, 0.717) is 12.6 Å². The molecule has 1 aliphatic rings. The Morgan fingerprint density at radius 3 is 2.33 bits per heavy atom. The number of rotatable bonds is 6. The number of benzene rings is 1. The fraction of sp³-hybridized carbons (Fsp3) is 0.500. The highest BCUT2D eigenvalue weighted by Gasteiger charge is 2.10. The highest BCUT2D eigenvalue weighted by Crippen LogP contribution is 2.19. The first-order valence-corrected chi connectivity index (χ1v) is 9.75. The predicted molar refractivity (Wildman–Crippen MR) is 105 cm³/mol. The van der Waals surface area contributed by atoms with Gasteiger partial charge in [0, 0.05) is 17.5 Å². The van der Waals surface area contributed by atoms with Gasteiger partial charge in [-0.25, -0.2) is 0 Å². The smallest absolute Gasteiger partial charge is 0.122 e. The maximum atomic E-state index is 5.82. The minimum absolute atomic E-state index is 0. The van der Waals surface area contributed by atoms with Gasteiger partial charge in [0.1, 0.15) is 12.4 Å². The Morgan fingerprint density at radius 2 is 1.67 bits per heavy atom. The number of hydrogen-bond acceptors (Lipinski definition) is 3. The fourth-order valence-electron chi connectivity index (χ4n) is 3.18. The van der Waals surface area contributed by atoms with Crippen LogP contribution < -0.4 is 10.1 Å². The van der Waals surface area contributed by atoms with E-state index in [1.807, 2.05) is 0 Å². The van der Waals surface area contributed by atoms with Crippen LogP contribution in [0.5, 0.6) is 5.75 Å². The van der Waals surface area contributed by atoms with Crippen LogP contribution in [0.4, 0.5) is 0 Å². The SMILES string of the molecule is Cl.c1csc(COc2ccc(CNC3CCCCCCC3)cc2)c1. The molecule has 1 saturated carbocycles. The van der Waals surface area contributed by atoms with Crippen molar-refractivity contribution in [2.45, 2.75) is 64.1 Å². The number of nitrogens with one attached hydrogen (secondary N) is 1. The summed E-state index contributed by atoms with van der Waals surface area (Å²) in [5.74, 6) is 0.952. The molecule has 0 saturated heterocycles. The van der Waals surface area contributed by atoms with Gasteiger partial charge >= 0.3 is 0 Å². The summed E-state index contributed by atoms with van der Waals surface area (Å²) in [6.45, 7) is 1.63. The van der Waals surface area contributed by atoms with E-state index in [0.717, 1.165) is 12.3 Å². The molecule has 1 heterocycles. The number of ether oxygens (including phenoxy) is 1. The van der Waals surface area contributed by atoms with Crippen LogP contribution in [-0.2, 0) is 13.2 Å². The summed E-state index contributed by atoms with van der Waals surface area (Å²) < 4.78 is 5.82. The molecule has 1 aromatic heterocycles. The summed E-state index contributed by atoms with van der Waals surface area (Å²) >= 11 is 1.74. The standard InChI is InChI=1S/C20H27NOS.ClH/c1-2-4-7-18(8-5-3-1)21-15-17-10-12-19(13-11-17)22-16-20-9-6-14-23-20;/h6,9-14,18,21H,1-5,7-8,15-16H2;1H. The lowest BCUT2D eigenvalue weighted by atomic mass is 9.96. The molecular formula is C20H28ClNOS. The quantitative estimate of drug-likeness (QED) is 0.682. The Labute approximate surface area is 156 Å². The summed E-state index contributed by atoms with van der Waals surface area (Å²) in [6.07, 6.45) is 9.69. The molecule has 4 heteroatoms. The average Bonchev–Trinajstić information content (AvgIpc) is 3.06. The van der Waals surface area contributed by atoms with Gasteiger partial charge in [0.2, 0.25) is 0 Å². The van der Waals surface area contributed by atoms with Crippen LogP contribution >= 0.6 is 23.7 Å². The van der Waals surface area contributed by atoms with Crippen molar-refractivity contribution in [2.24, 2.45) is 0 Å². The first-order valence-electron chi connectivity index (χ1n) is 8.88. The van der Waals surface area contributed by atoms with E-state index >= 15 is 0 Å². The third-order valence-electron chi connectivity index (χ3n) is 4.58. The molecule has 1 N–H and O–H groups in total. The van der Waals surface area contributed by atoms with Crippen molar-refractivity contribution in [2.75, 3.05) is 0 Å². The average molecular weight is 366 g/mol. The zero-order chi connectivity index (χ0) is 15.7. The third-order valence-corrected chi connectivity index (χ3v) is 5.43. The first-order chi connectivity index (χ1) is 11.4. The zero-order valence-electron chi connectivity index (χ0n) is 14.2. The van der Waals surface area contributed by atoms with Gasteiger partial charge in [0.05, 0.1) is 0 Å². The Kier molecular flexibility index (Phi) is 8.65. The monoisotopic (exact) mass is 365 g/mol. The number of thiophene rings is 1. The van der Waals surface area contributed by atoms with Crippen molar-refractivity contribution in [1.29, 1.82) is 0 Å². The van der Waals surface area contributed by atoms with E-state index in [1.165, 1.54) is 55.4 Å². The van der Waals surface area contributed by atoms with Crippen molar-refractivity contribution < 1.29 is 4.74 Å². The molecular weight excluding hydrogens is 338 g/mol. The van der Waals surface area contributed by atoms with Crippen LogP contribution in [0, 0.1) is 0 Å². The van der Waals surface area contributed by atoms with Gasteiger partial charge in [-0.3, -0.25) is 0 Å². The summed E-state index contributed by atoms with van der Waals surface area (Å²) in [4.78, 5) is 1.26. The lowest BCUT2D eigenvalue weighted by molar-refractivity contribution is 0.309. The molecule has 0 aliphatic heterocycles. The summed E-state index contributed by atoms with van der Waals surface area (Å²) in [5, 5.41) is 5.83. The summed E-state index contributed by atoms with van der Waals surface area (Å²) in [6, 6.07) is 13.4. The minimum Gasteiger partial charge on any atom is -0.488 e. The van der Waals surface area contributed by atoms with Gasteiger partial charge < -0.3 is 10.1 Å². The van der Waals surface area contributed by atoms with Crippen LogP contribution in [0.25, 0.3) is 0 Å². The lowest BCUT2D eigenvalue weighted by Crippen LogP contribution is -2.29. The number of hydrogen-bond donors (Lipinski definition) is 1. The molecule has 1 aromatic carbocycles. The third kappa shape index (κ3) is 6.46. The van der Waals surface area contributed by atoms with E-state index in [4.69, 9.17) is 4.74 Å². The highest BCUT2D eigenvalue weighted by atomic mass is 35.5. The Balaban J connectivity index is 0.00000208. The molecule has 132 valence electrons. The Hall–Kier alpha value is -1.03. The second-order valence-corrected chi connectivity index (χ2v) is 7.47. The van der Waals surface area contributed by atoms with Crippen molar-refractivity contribution >= 4 is 23.7 Å². The van der Waals surface area contributed by atoms with Crippen molar-refractivity contribution in [3.05, 3.63) is 52.2 Å². The maximum absolute atomic E-state index is 5.82. The second-order valence-electron chi connectivity index (χ2n) is 6.43. The second kappa shape index (κ2) is 10.8. The molecule has 3 rings (SSSR count). The minimum atomic E-state index is 0. The Bertz CT molecular complexity index is 548. The van der Waals surface area contributed by atoms with E-state index in [-0.39, 0.29) is 12.4 Å². The van der Waals surface area contributed by atoms with Gasteiger partial charge in [-0.05, 0) is 42.0 Å². The lowest BCUT2D eigenvalue weighted by Gasteiger charge is -2.21. The van der Waals surface area contributed by atoms with Crippen LogP contribution in [0.1, 0.15) is 55.4 Å².